The summed E-state index contributed by atoms with van der Waals surface area (Å²) >= 11 is 0. The van der Waals surface area contributed by atoms with Crippen LogP contribution in [0.5, 0.6) is 11.5 Å². The fourth-order valence-corrected chi connectivity index (χ4v) is 3.60. The van der Waals surface area contributed by atoms with Crippen LogP contribution in [0.2, 0.25) is 0 Å². The van der Waals surface area contributed by atoms with E-state index in [4.69, 9.17) is 14.5 Å². The monoisotopic (exact) mass is 381 g/mol. The predicted octanol–water partition coefficient (Wildman–Crippen LogP) is 2.30. The van der Waals surface area contributed by atoms with Crippen molar-refractivity contribution >= 4 is 16.7 Å². The van der Waals surface area contributed by atoms with Gasteiger partial charge in [-0.05, 0) is 37.1 Å². The van der Waals surface area contributed by atoms with Crippen LogP contribution in [0.4, 0.5) is 0 Å². The van der Waals surface area contributed by atoms with Crippen LogP contribution in [0.25, 0.3) is 16.7 Å². The van der Waals surface area contributed by atoms with Crippen LogP contribution in [0.15, 0.2) is 24.5 Å². The standard InChI is InChI=1S/C20H23N5O3/c1-12-13(2)24(7-8-26)19-18(12)20-22-17(23-25(20)11-21-19)10-14-5-6-15(27-3)16(9-14)28-4/h5-6,9,11,26H,7-8,10H2,1-4H3. The van der Waals surface area contributed by atoms with Crippen LogP contribution in [-0.4, -0.2) is 50.1 Å². The van der Waals surface area contributed by atoms with Crippen LogP contribution < -0.4 is 9.47 Å². The minimum Gasteiger partial charge on any atom is -0.493 e. The quantitative estimate of drug-likeness (QED) is 0.551. The summed E-state index contributed by atoms with van der Waals surface area (Å²) in [6.45, 7) is 4.65. The van der Waals surface area contributed by atoms with E-state index in [2.05, 4.69) is 17.0 Å². The van der Waals surface area contributed by atoms with Crippen molar-refractivity contribution in [3.8, 4) is 11.5 Å². The van der Waals surface area contributed by atoms with Crippen molar-refractivity contribution in [1.82, 2.24) is 24.1 Å². The maximum Gasteiger partial charge on any atom is 0.168 e. The van der Waals surface area contributed by atoms with Gasteiger partial charge in [0.05, 0.1) is 26.2 Å². The molecule has 146 valence electrons. The molecule has 28 heavy (non-hydrogen) atoms. The number of fused-ring (bicyclic) bond motifs is 3. The smallest absolute Gasteiger partial charge is 0.168 e. The second-order valence-corrected chi connectivity index (χ2v) is 6.69. The van der Waals surface area contributed by atoms with Crippen molar-refractivity contribution in [3.05, 3.63) is 47.2 Å². The first-order valence-electron chi connectivity index (χ1n) is 9.08. The first kappa shape index (κ1) is 18.2. The fourth-order valence-electron chi connectivity index (χ4n) is 3.60. The van der Waals surface area contributed by atoms with Gasteiger partial charge >= 0.3 is 0 Å². The molecular weight excluding hydrogens is 358 g/mol. The van der Waals surface area contributed by atoms with Crippen molar-refractivity contribution in [2.24, 2.45) is 0 Å². The second kappa shape index (κ2) is 7.12. The van der Waals surface area contributed by atoms with E-state index >= 15 is 0 Å². The van der Waals surface area contributed by atoms with Crippen molar-refractivity contribution < 1.29 is 14.6 Å². The van der Waals surface area contributed by atoms with Gasteiger partial charge in [-0.15, -0.1) is 5.10 Å². The lowest BCUT2D eigenvalue weighted by atomic mass is 10.1. The lowest BCUT2D eigenvalue weighted by Crippen LogP contribution is -2.05. The highest BCUT2D eigenvalue weighted by atomic mass is 16.5. The number of aromatic nitrogens is 5. The zero-order valence-corrected chi connectivity index (χ0v) is 16.4. The Hall–Kier alpha value is -3.13. The Kier molecular flexibility index (Phi) is 4.64. The number of aryl methyl sites for hydroxylation is 1. The van der Waals surface area contributed by atoms with Gasteiger partial charge in [-0.2, -0.15) is 0 Å². The largest absolute Gasteiger partial charge is 0.493 e. The van der Waals surface area contributed by atoms with Crippen LogP contribution in [-0.2, 0) is 13.0 Å². The Morgan fingerprint density at radius 1 is 1.07 bits per heavy atom. The minimum atomic E-state index is 0.0637. The van der Waals surface area contributed by atoms with E-state index < -0.39 is 0 Å². The van der Waals surface area contributed by atoms with Crippen LogP contribution >= 0.6 is 0 Å². The van der Waals surface area contributed by atoms with Crippen molar-refractivity contribution in [2.75, 3.05) is 20.8 Å². The Balaban J connectivity index is 1.78. The summed E-state index contributed by atoms with van der Waals surface area (Å²) in [6, 6.07) is 5.80. The van der Waals surface area contributed by atoms with E-state index in [1.54, 1.807) is 25.1 Å². The number of hydrogen-bond acceptors (Lipinski definition) is 6. The molecule has 0 unspecified atom stereocenters. The third-order valence-corrected chi connectivity index (χ3v) is 5.12. The first-order valence-corrected chi connectivity index (χ1v) is 9.08. The van der Waals surface area contributed by atoms with E-state index in [1.165, 1.54) is 0 Å². The number of benzene rings is 1. The summed E-state index contributed by atoms with van der Waals surface area (Å²) in [4.78, 5) is 9.33. The molecule has 0 saturated carbocycles. The molecule has 4 aromatic rings. The molecule has 0 aliphatic rings. The van der Waals surface area contributed by atoms with E-state index in [0.29, 0.717) is 30.3 Å². The number of methoxy groups -OCH3 is 2. The molecule has 8 nitrogen and oxygen atoms in total. The SMILES string of the molecule is COc1ccc(Cc2nc3c4c(C)c(C)n(CCO)c4ncn3n2)cc1OC. The Morgan fingerprint density at radius 2 is 1.86 bits per heavy atom. The van der Waals surface area contributed by atoms with Crippen molar-refractivity contribution in [2.45, 2.75) is 26.8 Å². The molecule has 0 aliphatic heterocycles. The van der Waals surface area contributed by atoms with Crippen molar-refractivity contribution in [1.29, 1.82) is 0 Å². The molecule has 0 atom stereocenters. The maximum atomic E-state index is 9.37. The summed E-state index contributed by atoms with van der Waals surface area (Å²) in [7, 11) is 3.24. The van der Waals surface area contributed by atoms with Gasteiger partial charge in [0.25, 0.3) is 0 Å². The van der Waals surface area contributed by atoms with Gasteiger partial charge in [-0.3, -0.25) is 0 Å². The first-order chi connectivity index (χ1) is 13.6. The topological polar surface area (TPSA) is 86.7 Å². The fraction of sp³-hybridized carbons (Fsp3) is 0.350. The highest BCUT2D eigenvalue weighted by molar-refractivity contribution is 5.93. The molecule has 1 N–H and O–H groups in total. The third kappa shape index (κ3) is 2.86. The molecule has 1 aromatic carbocycles. The number of aliphatic hydroxyl groups is 1. The van der Waals surface area contributed by atoms with Crippen molar-refractivity contribution in [3.63, 3.8) is 0 Å². The zero-order chi connectivity index (χ0) is 19.8. The Labute approximate surface area is 162 Å². The highest BCUT2D eigenvalue weighted by Gasteiger charge is 2.18. The molecule has 3 heterocycles. The van der Waals surface area contributed by atoms with Gasteiger partial charge in [0.15, 0.2) is 23.0 Å². The number of nitrogens with zero attached hydrogens (tertiary/aromatic N) is 5. The van der Waals surface area contributed by atoms with Crippen LogP contribution in [0, 0.1) is 13.8 Å². The van der Waals surface area contributed by atoms with Gasteiger partial charge in [-0.1, -0.05) is 6.07 Å². The minimum absolute atomic E-state index is 0.0637. The van der Waals surface area contributed by atoms with Crippen LogP contribution in [0.1, 0.15) is 22.6 Å². The molecule has 0 spiro atoms. The molecule has 0 fully saturated rings. The molecule has 3 aromatic heterocycles. The number of ether oxygens (including phenoxy) is 2. The molecule has 0 amide bonds. The molecule has 0 radical (unpaired) electrons. The average molecular weight is 381 g/mol. The number of aliphatic hydroxyl groups excluding tert-OH is 1. The summed E-state index contributed by atoms with van der Waals surface area (Å²) < 4.78 is 14.4. The maximum absolute atomic E-state index is 9.37. The second-order valence-electron chi connectivity index (χ2n) is 6.69. The third-order valence-electron chi connectivity index (χ3n) is 5.12. The van der Waals surface area contributed by atoms with Gasteiger partial charge in [0, 0.05) is 18.7 Å². The van der Waals surface area contributed by atoms with E-state index in [9.17, 15) is 5.11 Å². The summed E-state index contributed by atoms with van der Waals surface area (Å²) in [5.74, 6) is 2.07. The van der Waals surface area contributed by atoms with Gasteiger partial charge in [0.2, 0.25) is 0 Å². The normalized spacial score (nSPS) is 11.5. The molecule has 0 saturated heterocycles. The highest BCUT2D eigenvalue weighted by Crippen LogP contribution is 2.29. The van der Waals surface area contributed by atoms with E-state index in [0.717, 1.165) is 33.5 Å². The predicted molar refractivity (Wildman–Crippen MR) is 105 cm³/mol. The molecule has 0 aliphatic carbocycles. The molecule has 0 bridgehead atoms. The molecule has 4 rings (SSSR count). The average Bonchev–Trinajstić information content (AvgIpc) is 3.22. The molecular formula is C20H23N5O3. The van der Waals surface area contributed by atoms with Crippen LogP contribution in [0.3, 0.4) is 0 Å². The summed E-state index contributed by atoms with van der Waals surface area (Å²) in [6.07, 6.45) is 2.24. The summed E-state index contributed by atoms with van der Waals surface area (Å²) in [5.41, 5.74) is 4.81. The number of hydrogen-bond donors (Lipinski definition) is 1. The van der Waals surface area contributed by atoms with Gasteiger partial charge in [-0.25, -0.2) is 14.5 Å². The molecule has 8 heteroatoms. The lowest BCUT2D eigenvalue weighted by molar-refractivity contribution is 0.276. The Bertz CT molecular complexity index is 1160. The summed E-state index contributed by atoms with van der Waals surface area (Å²) in [5, 5.41) is 14.9. The zero-order valence-electron chi connectivity index (χ0n) is 16.4. The van der Waals surface area contributed by atoms with E-state index in [-0.39, 0.29) is 6.61 Å². The van der Waals surface area contributed by atoms with Gasteiger partial charge in [0.1, 0.15) is 12.0 Å². The van der Waals surface area contributed by atoms with E-state index in [1.807, 2.05) is 29.7 Å². The Morgan fingerprint density at radius 3 is 2.57 bits per heavy atom. The van der Waals surface area contributed by atoms with Gasteiger partial charge < -0.3 is 19.1 Å². The lowest BCUT2D eigenvalue weighted by Gasteiger charge is -2.08. The number of rotatable bonds is 6.